The second kappa shape index (κ2) is 4.07. The van der Waals surface area contributed by atoms with E-state index in [4.69, 9.17) is 11.5 Å². The van der Waals surface area contributed by atoms with E-state index in [2.05, 4.69) is 27.7 Å². The zero-order valence-electron chi connectivity index (χ0n) is 8.22. The summed E-state index contributed by atoms with van der Waals surface area (Å²) in [5, 5.41) is 0. The first kappa shape index (κ1) is 10.9. The molecule has 0 saturated heterocycles. The summed E-state index contributed by atoms with van der Waals surface area (Å²) >= 11 is 0. The quantitative estimate of drug-likeness (QED) is 0.649. The maximum Gasteiger partial charge on any atom is 0.00674 e. The van der Waals surface area contributed by atoms with E-state index in [1.807, 2.05) is 0 Å². The predicted octanol–water partition coefficient (Wildman–Crippen LogP) is 1.34. The lowest BCUT2D eigenvalue weighted by Gasteiger charge is -2.28. The average Bonchev–Trinajstić information content (AvgIpc) is 1.87. The Hall–Kier alpha value is -0.0800. The number of nitrogens with two attached hydrogens (primary N) is 2. The second-order valence-electron chi connectivity index (χ2n) is 4.48. The Morgan fingerprint density at radius 1 is 1.27 bits per heavy atom. The van der Waals surface area contributed by atoms with Crippen molar-refractivity contribution in [3.05, 3.63) is 0 Å². The Bertz CT molecular complexity index is 108. The van der Waals surface area contributed by atoms with E-state index in [-0.39, 0.29) is 11.5 Å². The van der Waals surface area contributed by atoms with Crippen LogP contribution in [0.5, 0.6) is 0 Å². The largest absolute Gasteiger partial charge is 0.330 e. The number of hydrogen-bond acceptors (Lipinski definition) is 2. The van der Waals surface area contributed by atoms with Crippen LogP contribution in [0.25, 0.3) is 0 Å². The summed E-state index contributed by atoms with van der Waals surface area (Å²) in [6.07, 6.45) is 1.02. The van der Waals surface area contributed by atoms with Crippen molar-refractivity contribution >= 4 is 0 Å². The third kappa shape index (κ3) is 4.38. The molecule has 0 rings (SSSR count). The van der Waals surface area contributed by atoms with Gasteiger partial charge >= 0.3 is 0 Å². The molecule has 11 heavy (non-hydrogen) atoms. The third-order valence-electron chi connectivity index (χ3n) is 2.20. The van der Waals surface area contributed by atoms with Gasteiger partial charge in [-0.3, -0.25) is 0 Å². The predicted molar refractivity (Wildman–Crippen MR) is 50.3 cm³/mol. The van der Waals surface area contributed by atoms with Crippen LogP contribution in [0, 0.1) is 11.3 Å². The Kier molecular flexibility index (Phi) is 4.04. The average molecular weight is 158 g/mol. The lowest BCUT2D eigenvalue weighted by molar-refractivity contribution is 0.283. The van der Waals surface area contributed by atoms with Gasteiger partial charge in [0.05, 0.1) is 0 Å². The first-order chi connectivity index (χ1) is 4.89. The molecule has 0 fully saturated rings. The molecular weight excluding hydrogens is 136 g/mol. The van der Waals surface area contributed by atoms with E-state index in [0.29, 0.717) is 12.5 Å². The van der Waals surface area contributed by atoms with Crippen molar-refractivity contribution in [2.24, 2.45) is 22.8 Å². The zero-order chi connectivity index (χ0) is 9.07. The van der Waals surface area contributed by atoms with E-state index in [1.54, 1.807) is 0 Å². The highest BCUT2D eigenvalue weighted by molar-refractivity contribution is 4.77. The molecule has 0 radical (unpaired) electrons. The van der Waals surface area contributed by atoms with Crippen molar-refractivity contribution in [2.75, 3.05) is 6.54 Å². The summed E-state index contributed by atoms with van der Waals surface area (Å²) in [5.41, 5.74) is 11.7. The number of hydrogen-bond donors (Lipinski definition) is 2. The van der Waals surface area contributed by atoms with Crippen LogP contribution < -0.4 is 11.5 Å². The lowest BCUT2D eigenvalue weighted by Crippen LogP contribution is -2.35. The van der Waals surface area contributed by atoms with Gasteiger partial charge in [0.1, 0.15) is 0 Å². The van der Waals surface area contributed by atoms with E-state index in [1.165, 1.54) is 0 Å². The van der Waals surface area contributed by atoms with E-state index < -0.39 is 0 Å². The molecule has 68 valence electrons. The number of rotatable bonds is 4. The van der Waals surface area contributed by atoms with Crippen molar-refractivity contribution in [3.63, 3.8) is 0 Å². The normalized spacial score (nSPS) is 15.5. The highest BCUT2D eigenvalue weighted by Crippen LogP contribution is 2.22. The Morgan fingerprint density at radius 3 is 2.00 bits per heavy atom. The molecule has 0 aliphatic rings. The smallest absolute Gasteiger partial charge is 0.00674 e. The summed E-state index contributed by atoms with van der Waals surface area (Å²) in [5.74, 6) is 0.556. The van der Waals surface area contributed by atoms with Crippen LogP contribution in [0.3, 0.4) is 0 Å². The van der Waals surface area contributed by atoms with Crippen LogP contribution in [0.15, 0.2) is 0 Å². The van der Waals surface area contributed by atoms with Crippen LogP contribution in [0.2, 0.25) is 0 Å². The molecular formula is C9H22N2. The summed E-state index contributed by atoms with van der Waals surface area (Å²) < 4.78 is 0. The monoisotopic (exact) mass is 158 g/mol. The topological polar surface area (TPSA) is 52.0 Å². The van der Waals surface area contributed by atoms with Gasteiger partial charge in [-0.25, -0.2) is 0 Å². The minimum absolute atomic E-state index is 0.198. The Labute approximate surface area is 70.3 Å². The summed E-state index contributed by atoms with van der Waals surface area (Å²) in [6, 6.07) is 0.286. The molecule has 1 unspecified atom stereocenters. The fraction of sp³-hybridized carbons (Fsp3) is 1.00. The van der Waals surface area contributed by atoms with Crippen LogP contribution in [0.1, 0.15) is 34.1 Å². The van der Waals surface area contributed by atoms with Crippen molar-refractivity contribution in [1.29, 1.82) is 0 Å². The first-order valence-electron chi connectivity index (χ1n) is 4.34. The van der Waals surface area contributed by atoms with Gasteiger partial charge in [0.15, 0.2) is 0 Å². The first-order valence-corrected chi connectivity index (χ1v) is 4.34. The molecule has 2 heteroatoms. The molecule has 0 saturated carbocycles. The third-order valence-corrected chi connectivity index (χ3v) is 2.20. The molecule has 1 atom stereocenters. The van der Waals surface area contributed by atoms with Gasteiger partial charge in [0.2, 0.25) is 0 Å². The van der Waals surface area contributed by atoms with Crippen molar-refractivity contribution < 1.29 is 0 Å². The SMILES string of the molecule is CC(C)C(N)CC(C)(C)CN. The molecule has 0 spiro atoms. The molecule has 0 heterocycles. The molecule has 0 aromatic rings. The van der Waals surface area contributed by atoms with Crippen LogP contribution in [0.4, 0.5) is 0 Å². The maximum absolute atomic E-state index is 5.92. The Morgan fingerprint density at radius 2 is 1.73 bits per heavy atom. The van der Waals surface area contributed by atoms with Gasteiger partial charge in [-0.2, -0.15) is 0 Å². The van der Waals surface area contributed by atoms with Gasteiger partial charge in [0.25, 0.3) is 0 Å². The van der Waals surface area contributed by atoms with Crippen LogP contribution >= 0.6 is 0 Å². The summed E-state index contributed by atoms with van der Waals surface area (Å²) in [7, 11) is 0. The van der Waals surface area contributed by atoms with Crippen molar-refractivity contribution in [2.45, 2.75) is 40.2 Å². The minimum atomic E-state index is 0.198. The maximum atomic E-state index is 5.92. The lowest BCUT2D eigenvalue weighted by atomic mass is 9.83. The van der Waals surface area contributed by atoms with Crippen molar-refractivity contribution in [1.82, 2.24) is 0 Å². The highest BCUT2D eigenvalue weighted by atomic mass is 14.7. The molecule has 2 nitrogen and oxygen atoms in total. The minimum Gasteiger partial charge on any atom is -0.330 e. The van der Waals surface area contributed by atoms with Crippen molar-refractivity contribution in [3.8, 4) is 0 Å². The molecule has 0 amide bonds. The summed E-state index contributed by atoms with van der Waals surface area (Å²) in [4.78, 5) is 0. The standard InChI is InChI=1S/C9H22N2/c1-7(2)8(11)5-9(3,4)6-10/h7-8H,5-6,10-11H2,1-4H3. The molecule has 0 aromatic heterocycles. The zero-order valence-corrected chi connectivity index (χ0v) is 8.22. The molecule has 0 bridgehead atoms. The fourth-order valence-electron chi connectivity index (χ4n) is 0.957. The van der Waals surface area contributed by atoms with Crippen LogP contribution in [-0.4, -0.2) is 12.6 Å². The fourth-order valence-corrected chi connectivity index (χ4v) is 0.957. The molecule has 0 aliphatic carbocycles. The van der Waals surface area contributed by atoms with Gasteiger partial charge in [-0.15, -0.1) is 0 Å². The Balaban J connectivity index is 3.83. The second-order valence-corrected chi connectivity index (χ2v) is 4.48. The molecule has 0 aromatic carbocycles. The van der Waals surface area contributed by atoms with E-state index in [9.17, 15) is 0 Å². The molecule has 0 aliphatic heterocycles. The highest BCUT2D eigenvalue weighted by Gasteiger charge is 2.20. The van der Waals surface area contributed by atoms with E-state index >= 15 is 0 Å². The van der Waals surface area contributed by atoms with Crippen LogP contribution in [-0.2, 0) is 0 Å². The van der Waals surface area contributed by atoms with Gasteiger partial charge in [-0.1, -0.05) is 27.7 Å². The van der Waals surface area contributed by atoms with Gasteiger partial charge in [0, 0.05) is 6.04 Å². The van der Waals surface area contributed by atoms with Gasteiger partial charge < -0.3 is 11.5 Å². The molecule has 4 N–H and O–H groups in total. The summed E-state index contributed by atoms with van der Waals surface area (Å²) in [6.45, 7) is 9.34. The van der Waals surface area contributed by atoms with E-state index in [0.717, 1.165) is 6.42 Å². The van der Waals surface area contributed by atoms with Gasteiger partial charge in [-0.05, 0) is 24.3 Å².